The molecule has 1 aliphatic heterocycles. The van der Waals surface area contributed by atoms with Crippen LogP contribution in [-0.2, 0) is 20.1 Å². The Morgan fingerprint density at radius 1 is 1.15 bits per heavy atom. The molecule has 4 heterocycles. The van der Waals surface area contributed by atoms with Crippen molar-refractivity contribution < 1.29 is 0 Å². The molecule has 0 saturated carbocycles. The zero-order chi connectivity index (χ0) is 18.6. The molecule has 1 fully saturated rings. The summed E-state index contributed by atoms with van der Waals surface area (Å²) < 4.78 is 6.27. The van der Waals surface area contributed by atoms with Gasteiger partial charge in [0.2, 0.25) is 0 Å². The van der Waals surface area contributed by atoms with E-state index in [9.17, 15) is 0 Å². The van der Waals surface area contributed by atoms with Crippen molar-refractivity contribution in [3.8, 4) is 0 Å². The van der Waals surface area contributed by atoms with Gasteiger partial charge in [-0.05, 0) is 45.3 Å². The molecule has 27 heavy (non-hydrogen) atoms. The summed E-state index contributed by atoms with van der Waals surface area (Å²) in [5.41, 5.74) is 0. The van der Waals surface area contributed by atoms with Crippen LogP contribution in [0.5, 0.6) is 0 Å². The monoisotopic (exact) mass is 368 g/mol. The van der Waals surface area contributed by atoms with E-state index < -0.39 is 0 Å². The van der Waals surface area contributed by atoms with E-state index in [0.29, 0.717) is 12.5 Å². The van der Waals surface area contributed by atoms with Crippen molar-refractivity contribution in [2.24, 2.45) is 7.05 Å². The van der Waals surface area contributed by atoms with Crippen molar-refractivity contribution in [2.45, 2.75) is 45.2 Å². The van der Waals surface area contributed by atoms with Gasteiger partial charge in [-0.2, -0.15) is 5.10 Å². The topological polar surface area (TPSA) is 69.6 Å². The average Bonchev–Trinajstić information content (AvgIpc) is 3.40. The van der Waals surface area contributed by atoms with Crippen molar-refractivity contribution in [1.82, 2.24) is 39.0 Å². The molecule has 0 bridgehead atoms. The van der Waals surface area contributed by atoms with Gasteiger partial charge in [-0.15, -0.1) is 10.2 Å². The Balaban J connectivity index is 1.34. The lowest BCUT2D eigenvalue weighted by atomic mass is 9.97. The second-order valence-corrected chi connectivity index (χ2v) is 7.40. The van der Waals surface area contributed by atoms with Gasteiger partial charge in [0.15, 0.2) is 5.82 Å². The normalized spacial score (nSPS) is 18.2. The Morgan fingerprint density at radius 2 is 2.07 bits per heavy atom. The van der Waals surface area contributed by atoms with Crippen molar-refractivity contribution in [1.29, 1.82) is 0 Å². The smallest absolute Gasteiger partial charge is 0.154 e. The Kier molecular flexibility index (Phi) is 5.33. The highest BCUT2D eigenvalue weighted by molar-refractivity contribution is 5.04. The molecule has 0 aromatic carbocycles. The van der Waals surface area contributed by atoms with Crippen LogP contribution in [0.15, 0.2) is 30.9 Å². The molecule has 4 rings (SSSR count). The number of aryl methyl sites for hydroxylation is 2. The fraction of sp³-hybridized carbons (Fsp3) is 0.579. The van der Waals surface area contributed by atoms with Gasteiger partial charge in [0.25, 0.3) is 0 Å². The van der Waals surface area contributed by atoms with Gasteiger partial charge in [-0.3, -0.25) is 4.68 Å². The zero-order valence-corrected chi connectivity index (χ0v) is 16.2. The van der Waals surface area contributed by atoms with Crippen LogP contribution in [0, 0.1) is 6.92 Å². The molecule has 3 aromatic heterocycles. The maximum Gasteiger partial charge on any atom is 0.154 e. The van der Waals surface area contributed by atoms with E-state index in [1.165, 1.54) is 19.4 Å². The van der Waals surface area contributed by atoms with Gasteiger partial charge < -0.3 is 14.0 Å². The van der Waals surface area contributed by atoms with Crippen LogP contribution in [-0.4, -0.2) is 58.6 Å². The minimum Gasteiger partial charge on any atom is -0.335 e. The van der Waals surface area contributed by atoms with Crippen LogP contribution >= 0.6 is 0 Å². The summed E-state index contributed by atoms with van der Waals surface area (Å²) >= 11 is 0. The lowest BCUT2D eigenvalue weighted by molar-refractivity contribution is 0.197. The molecule has 144 valence electrons. The predicted octanol–water partition coefficient (Wildman–Crippen LogP) is 1.83. The van der Waals surface area contributed by atoms with Gasteiger partial charge in [0.1, 0.15) is 18.2 Å². The van der Waals surface area contributed by atoms with E-state index in [-0.39, 0.29) is 0 Å². The number of aromatic nitrogens is 7. The van der Waals surface area contributed by atoms with Crippen LogP contribution in [0.1, 0.15) is 42.7 Å². The Bertz CT molecular complexity index is 847. The van der Waals surface area contributed by atoms with Gasteiger partial charge in [-0.25, -0.2) is 4.98 Å². The molecule has 1 atom stereocenters. The summed E-state index contributed by atoms with van der Waals surface area (Å²) in [6.07, 6.45) is 11.2. The molecule has 1 saturated heterocycles. The first-order chi connectivity index (χ1) is 13.2. The Morgan fingerprint density at radius 3 is 2.85 bits per heavy atom. The fourth-order valence-corrected chi connectivity index (χ4v) is 3.98. The molecule has 0 aliphatic carbocycles. The molecule has 0 N–H and O–H groups in total. The first kappa shape index (κ1) is 17.9. The van der Waals surface area contributed by atoms with Crippen molar-refractivity contribution in [2.75, 3.05) is 19.6 Å². The lowest BCUT2D eigenvalue weighted by Crippen LogP contribution is -2.36. The summed E-state index contributed by atoms with van der Waals surface area (Å²) in [6, 6.07) is 1.93. The van der Waals surface area contributed by atoms with Gasteiger partial charge >= 0.3 is 0 Å². The molecule has 1 unspecified atom stereocenters. The number of hydrogen-bond donors (Lipinski definition) is 0. The van der Waals surface area contributed by atoms with Crippen LogP contribution in [0.3, 0.4) is 0 Å². The fourth-order valence-electron chi connectivity index (χ4n) is 3.98. The van der Waals surface area contributed by atoms with Crippen molar-refractivity contribution in [3.05, 3.63) is 48.3 Å². The predicted molar refractivity (Wildman–Crippen MR) is 102 cm³/mol. The second kappa shape index (κ2) is 8.04. The summed E-state index contributed by atoms with van der Waals surface area (Å²) in [4.78, 5) is 6.87. The standard InChI is InChI=1S/C19H28N8/c1-16-20-8-13-26(16)11-5-10-25-9-3-6-17(14-25)19-23-22-18(24(19)2)15-27-12-4-7-21-27/h4,7-8,12-13,17H,3,5-6,9-11,14-15H2,1-2H3. The van der Waals surface area contributed by atoms with E-state index in [2.05, 4.69) is 54.5 Å². The molecule has 0 amide bonds. The number of piperidine rings is 1. The van der Waals surface area contributed by atoms with Gasteiger partial charge in [0.05, 0.1) is 0 Å². The second-order valence-electron chi connectivity index (χ2n) is 7.40. The third kappa shape index (κ3) is 4.10. The summed E-state index contributed by atoms with van der Waals surface area (Å²) in [5, 5.41) is 13.2. The third-order valence-electron chi connectivity index (χ3n) is 5.53. The number of nitrogens with zero attached hydrogens (tertiary/aromatic N) is 8. The molecule has 8 nitrogen and oxygen atoms in total. The number of imidazole rings is 1. The highest BCUT2D eigenvalue weighted by atomic mass is 15.3. The maximum atomic E-state index is 4.52. The molecule has 1 aliphatic rings. The average molecular weight is 368 g/mol. The van der Waals surface area contributed by atoms with Crippen LogP contribution < -0.4 is 0 Å². The molecule has 0 spiro atoms. The molecular weight excluding hydrogens is 340 g/mol. The molecule has 8 heteroatoms. The van der Waals surface area contributed by atoms with E-state index in [1.54, 1.807) is 6.20 Å². The first-order valence-electron chi connectivity index (χ1n) is 9.76. The SMILES string of the molecule is Cc1nccn1CCCN1CCCC(c2nnc(Cn3cccn3)n2C)C1. The van der Waals surface area contributed by atoms with Crippen LogP contribution in [0.4, 0.5) is 0 Å². The minimum absolute atomic E-state index is 0.456. The lowest BCUT2D eigenvalue weighted by Gasteiger charge is -2.32. The van der Waals surface area contributed by atoms with E-state index in [1.807, 2.05) is 23.1 Å². The van der Waals surface area contributed by atoms with Crippen molar-refractivity contribution in [3.63, 3.8) is 0 Å². The first-order valence-corrected chi connectivity index (χ1v) is 9.76. The number of hydrogen-bond acceptors (Lipinski definition) is 5. The van der Waals surface area contributed by atoms with Crippen molar-refractivity contribution >= 4 is 0 Å². The Hall–Kier alpha value is -2.48. The maximum absolute atomic E-state index is 4.52. The highest BCUT2D eigenvalue weighted by Crippen LogP contribution is 2.26. The van der Waals surface area contributed by atoms with Crippen LogP contribution in [0.2, 0.25) is 0 Å². The highest BCUT2D eigenvalue weighted by Gasteiger charge is 2.25. The number of rotatable bonds is 7. The van der Waals surface area contributed by atoms with Gasteiger partial charge in [-0.1, -0.05) is 0 Å². The van der Waals surface area contributed by atoms with Gasteiger partial charge in [0, 0.05) is 50.8 Å². The molecule has 3 aromatic rings. The summed E-state index contributed by atoms with van der Waals surface area (Å²) in [7, 11) is 2.08. The zero-order valence-electron chi connectivity index (χ0n) is 16.2. The summed E-state index contributed by atoms with van der Waals surface area (Å²) in [6.45, 7) is 7.12. The van der Waals surface area contributed by atoms with E-state index in [4.69, 9.17) is 0 Å². The quantitative estimate of drug-likeness (QED) is 0.636. The number of likely N-dealkylation sites (tertiary alicyclic amines) is 1. The largest absolute Gasteiger partial charge is 0.335 e. The molecular formula is C19H28N8. The Labute approximate surface area is 159 Å². The molecule has 0 radical (unpaired) electrons. The van der Waals surface area contributed by atoms with E-state index in [0.717, 1.165) is 43.5 Å². The van der Waals surface area contributed by atoms with Crippen LogP contribution in [0.25, 0.3) is 0 Å². The summed E-state index contributed by atoms with van der Waals surface area (Å²) in [5.74, 6) is 3.61. The third-order valence-corrected chi connectivity index (χ3v) is 5.53. The minimum atomic E-state index is 0.456. The van der Waals surface area contributed by atoms with E-state index >= 15 is 0 Å².